The van der Waals surface area contributed by atoms with Gasteiger partial charge in [0, 0.05) is 23.7 Å². The van der Waals surface area contributed by atoms with E-state index < -0.39 is 45.6 Å². The Labute approximate surface area is 271 Å². The number of nitrogens with zero attached hydrogens (tertiary/aromatic N) is 5. The van der Waals surface area contributed by atoms with Crippen molar-refractivity contribution in [3.8, 4) is 5.75 Å². The topological polar surface area (TPSA) is 277 Å². The van der Waals surface area contributed by atoms with Crippen molar-refractivity contribution in [2.24, 2.45) is 10.2 Å². The van der Waals surface area contributed by atoms with E-state index in [0.717, 1.165) is 24.5 Å². The molecule has 47 heavy (non-hydrogen) atoms. The molecule has 0 bridgehead atoms. The maximum atomic E-state index is 12.3. The number of nitrogen functional groups attached to an aromatic ring is 1. The van der Waals surface area contributed by atoms with Crippen LogP contribution in [0.15, 0.2) is 91.6 Å². The first-order valence-electron chi connectivity index (χ1n) is 12.7. The number of aromatic nitrogens is 3. The van der Waals surface area contributed by atoms with Gasteiger partial charge in [-0.2, -0.15) is 31.8 Å². The predicted molar refractivity (Wildman–Crippen MR) is 171 cm³/mol. The number of phenolic OH excluding ortho intramolecular Hbond substituents is 1. The molecule has 21 heteroatoms. The highest BCUT2D eigenvalue weighted by atomic mass is 35.5. The van der Waals surface area contributed by atoms with Crippen LogP contribution in [0.1, 0.15) is 0 Å². The Morgan fingerprint density at radius 1 is 0.745 bits per heavy atom. The second-order valence-corrected chi connectivity index (χ2v) is 14.8. The second-order valence-electron chi connectivity index (χ2n) is 9.67. The van der Waals surface area contributed by atoms with Crippen LogP contribution in [0, 0.1) is 0 Å². The predicted octanol–water partition coefficient (Wildman–Crippen LogP) is 4.77. The zero-order chi connectivity index (χ0) is 34.3. The first-order valence-corrected chi connectivity index (χ1v) is 17.9. The fourth-order valence-corrected chi connectivity index (χ4v) is 6.14. The quantitative estimate of drug-likeness (QED) is 0.0680. The Hall–Kier alpha value is -4.99. The van der Waals surface area contributed by atoms with Gasteiger partial charge in [0.25, 0.3) is 20.2 Å². The lowest BCUT2D eigenvalue weighted by atomic mass is 10.1. The largest absolute Gasteiger partial charge is 0.507 e. The molecule has 0 aliphatic heterocycles. The summed E-state index contributed by atoms with van der Waals surface area (Å²) in [5.41, 5.74) is 5.96. The van der Waals surface area contributed by atoms with Crippen LogP contribution in [0.3, 0.4) is 0 Å². The zero-order valence-corrected chi connectivity index (χ0v) is 26.8. The van der Waals surface area contributed by atoms with Gasteiger partial charge in [0.05, 0.1) is 20.9 Å². The van der Waals surface area contributed by atoms with E-state index in [-0.39, 0.29) is 55.6 Å². The molecule has 0 saturated heterocycles. The third-order valence-corrected chi connectivity index (χ3v) is 9.28. The van der Waals surface area contributed by atoms with Crippen LogP contribution in [0.2, 0.25) is 5.28 Å². The maximum Gasteiger partial charge on any atom is 0.296 e. The molecule has 5 aromatic rings. The number of halogens is 1. The van der Waals surface area contributed by atoms with Crippen LogP contribution in [0.5, 0.6) is 5.75 Å². The average Bonchev–Trinajstić information content (AvgIpc) is 2.95. The number of phenols is 1. The van der Waals surface area contributed by atoms with Crippen molar-refractivity contribution in [2.75, 3.05) is 22.6 Å². The van der Waals surface area contributed by atoms with Crippen molar-refractivity contribution in [3.05, 3.63) is 72.0 Å². The van der Waals surface area contributed by atoms with Gasteiger partial charge in [-0.25, -0.2) is 8.42 Å². The van der Waals surface area contributed by atoms with Crippen molar-refractivity contribution < 1.29 is 39.5 Å². The average molecular weight is 721 g/mol. The molecule has 0 amide bonds. The molecule has 0 fully saturated rings. The van der Waals surface area contributed by atoms with E-state index in [0.29, 0.717) is 5.69 Å². The summed E-state index contributed by atoms with van der Waals surface area (Å²) in [6.07, 6.45) is 1.07. The van der Waals surface area contributed by atoms with Crippen molar-refractivity contribution in [2.45, 2.75) is 14.7 Å². The fraction of sp³-hybridized carbons (Fsp3) is 0.0385. The highest BCUT2D eigenvalue weighted by Crippen LogP contribution is 2.41. The third kappa shape index (κ3) is 7.70. The monoisotopic (exact) mass is 720 g/mol. The number of fused-ring (bicyclic) bond motifs is 1. The van der Waals surface area contributed by atoms with E-state index in [1.807, 2.05) is 0 Å². The Morgan fingerprint density at radius 3 is 1.96 bits per heavy atom. The van der Waals surface area contributed by atoms with Gasteiger partial charge in [0.1, 0.15) is 22.0 Å². The van der Waals surface area contributed by atoms with E-state index in [1.165, 1.54) is 48.5 Å². The fourth-order valence-electron chi connectivity index (χ4n) is 4.16. The van der Waals surface area contributed by atoms with Gasteiger partial charge in [0.15, 0.2) is 9.84 Å². The van der Waals surface area contributed by atoms with E-state index in [4.69, 9.17) is 17.3 Å². The van der Waals surface area contributed by atoms with Crippen molar-refractivity contribution in [1.29, 1.82) is 0 Å². The minimum Gasteiger partial charge on any atom is -0.507 e. The first kappa shape index (κ1) is 33.4. The summed E-state index contributed by atoms with van der Waals surface area (Å²) in [5, 5.41) is 23.8. The number of benzene rings is 4. The number of anilines is 5. The Balaban J connectivity index is 1.46. The lowest BCUT2D eigenvalue weighted by Crippen LogP contribution is -2.05. The molecule has 4 aromatic carbocycles. The molecular weight excluding hydrogens is 700 g/mol. The van der Waals surface area contributed by atoms with Crippen LogP contribution >= 0.6 is 11.6 Å². The molecule has 17 nitrogen and oxygen atoms in total. The zero-order valence-electron chi connectivity index (χ0n) is 23.6. The Bertz CT molecular complexity index is 2430. The van der Waals surface area contributed by atoms with E-state index in [1.54, 1.807) is 0 Å². The summed E-state index contributed by atoms with van der Waals surface area (Å²) < 4.78 is 90.4. The van der Waals surface area contributed by atoms with Gasteiger partial charge in [0.2, 0.25) is 17.2 Å². The van der Waals surface area contributed by atoms with Crippen molar-refractivity contribution in [3.63, 3.8) is 0 Å². The molecule has 244 valence electrons. The summed E-state index contributed by atoms with van der Waals surface area (Å²) in [6.45, 7) is 0. The summed E-state index contributed by atoms with van der Waals surface area (Å²) in [4.78, 5) is 10.9. The normalized spacial score (nSPS) is 12.4. The number of azo groups is 1. The lowest BCUT2D eigenvalue weighted by Gasteiger charge is -2.11. The molecule has 0 spiro atoms. The Morgan fingerprint density at radius 2 is 1.36 bits per heavy atom. The van der Waals surface area contributed by atoms with E-state index in [9.17, 15) is 39.5 Å². The van der Waals surface area contributed by atoms with Gasteiger partial charge < -0.3 is 21.5 Å². The van der Waals surface area contributed by atoms with Crippen LogP contribution in [-0.4, -0.2) is 60.7 Å². The van der Waals surface area contributed by atoms with E-state index in [2.05, 4.69) is 35.8 Å². The smallest absolute Gasteiger partial charge is 0.296 e. The molecule has 5 rings (SSSR count). The SMILES string of the molecule is CS(=O)(=O)c1ccc(Nc2nc(Cl)nc(Nc3ccc(N=Nc4c(N)ccc5cc(S(=O)(=O)O)cc(O)c45)c(S(=O)(=O)O)c3)n2)cc1. The van der Waals surface area contributed by atoms with Gasteiger partial charge in [-0.1, -0.05) is 6.07 Å². The van der Waals surface area contributed by atoms with Crippen LogP contribution < -0.4 is 16.4 Å². The van der Waals surface area contributed by atoms with Crippen LogP contribution in [0.25, 0.3) is 10.8 Å². The number of hydrogen-bond acceptors (Lipinski definition) is 15. The minimum absolute atomic E-state index is 0.0229. The lowest BCUT2D eigenvalue weighted by molar-refractivity contribution is 0.471. The molecule has 7 N–H and O–H groups in total. The van der Waals surface area contributed by atoms with Crippen LogP contribution in [0.4, 0.5) is 40.3 Å². The highest BCUT2D eigenvalue weighted by molar-refractivity contribution is 7.90. The summed E-state index contributed by atoms with van der Waals surface area (Å²) in [5.74, 6) is -0.791. The number of nitrogens with one attached hydrogen (secondary N) is 2. The van der Waals surface area contributed by atoms with Crippen molar-refractivity contribution in [1.82, 2.24) is 15.0 Å². The Kier molecular flexibility index (Phi) is 8.75. The van der Waals surface area contributed by atoms with E-state index >= 15 is 0 Å². The molecule has 0 atom stereocenters. The van der Waals surface area contributed by atoms with Gasteiger partial charge in [-0.05, 0) is 71.6 Å². The number of rotatable bonds is 9. The molecule has 0 aliphatic rings. The summed E-state index contributed by atoms with van der Waals surface area (Å²) in [6, 6.07) is 13.8. The number of sulfone groups is 1. The molecular formula is C26H21ClN8O9S3. The standard InChI is InChI=1S/C26H21ClN8O9S3/c1-45(37,38)16-6-3-14(4-7-16)29-25-31-24(27)32-26(33-25)30-15-5-9-19(21(11-15)47(42,43)44)34-35-23-18(28)8-2-13-10-17(46(39,40)41)12-20(36)22(13)23/h2-12,36H,28H2,1H3,(H,39,40,41)(H,42,43,44)(H2,29,30,31,32,33). The van der Waals surface area contributed by atoms with Gasteiger partial charge >= 0.3 is 0 Å². The molecule has 0 radical (unpaired) electrons. The molecule has 1 heterocycles. The van der Waals surface area contributed by atoms with Crippen LogP contribution in [-0.2, 0) is 30.1 Å². The molecule has 0 unspecified atom stereocenters. The first-order chi connectivity index (χ1) is 21.9. The van der Waals surface area contributed by atoms with Crippen molar-refractivity contribution >= 4 is 92.8 Å². The summed E-state index contributed by atoms with van der Waals surface area (Å²) >= 11 is 6.04. The van der Waals surface area contributed by atoms with Gasteiger partial charge in [-0.15, -0.1) is 10.2 Å². The molecule has 0 saturated carbocycles. The molecule has 0 aliphatic carbocycles. The maximum absolute atomic E-state index is 12.3. The summed E-state index contributed by atoms with van der Waals surface area (Å²) in [7, 11) is -13.0. The second kappa shape index (κ2) is 12.3. The minimum atomic E-state index is -4.91. The number of hydrogen-bond donors (Lipinski definition) is 6. The third-order valence-electron chi connectivity index (χ3n) is 6.27. The van der Waals surface area contributed by atoms with Gasteiger partial charge in [-0.3, -0.25) is 9.11 Å². The number of aromatic hydroxyl groups is 1. The molecule has 1 aromatic heterocycles. The highest BCUT2D eigenvalue weighted by Gasteiger charge is 2.20. The number of nitrogens with two attached hydrogens (primary N) is 1.